The molecule has 3 rings (SSSR count). The SMILES string of the molecule is COc1cccc(OC)c1OCCCCCOc1ncnc2ccccc12. The maximum absolute atomic E-state index is 5.86. The predicted molar refractivity (Wildman–Crippen MR) is 104 cm³/mol. The second kappa shape index (κ2) is 9.62. The van der Waals surface area contributed by atoms with Gasteiger partial charge < -0.3 is 18.9 Å². The molecular weight excluding hydrogens is 344 g/mol. The van der Waals surface area contributed by atoms with Gasteiger partial charge in [-0.2, -0.15) is 0 Å². The van der Waals surface area contributed by atoms with E-state index >= 15 is 0 Å². The van der Waals surface area contributed by atoms with Crippen molar-refractivity contribution in [3.63, 3.8) is 0 Å². The molecule has 0 saturated carbocycles. The highest BCUT2D eigenvalue weighted by atomic mass is 16.5. The van der Waals surface area contributed by atoms with Gasteiger partial charge in [-0.05, 0) is 43.5 Å². The summed E-state index contributed by atoms with van der Waals surface area (Å²) in [5, 5.41) is 0.937. The fraction of sp³-hybridized carbons (Fsp3) is 0.333. The lowest BCUT2D eigenvalue weighted by molar-refractivity contribution is 0.257. The third kappa shape index (κ3) is 4.78. The number of hydrogen-bond donors (Lipinski definition) is 0. The first kappa shape index (κ1) is 18.8. The quantitative estimate of drug-likeness (QED) is 0.498. The van der Waals surface area contributed by atoms with Crippen molar-refractivity contribution in [1.29, 1.82) is 0 Å². The summed E-state index contributed by atoms with van der Waals surface area (Å²) in [6, 6.07) is 13.4. The zero-order chi connectivity index (χ0) is 18.9. The summed E-state index contributed by atoms with van der Waals surface area (Å²) in [5.74, 6) is 2.63. The second-order valence-corrected chi connectivity index (χ2v) is 5.95. The Morgan fingerprint density at radius 1 is 0.741 bits per heavy atom. The van der Waals surface area contributed by atoms with Crippen LogP contribution >= 0.6 is 0 Å². The molecule has 142 valence electrons. The molecule has 0 aliphatic heterocycles. The largest absolute Gasteiger partial charge is 0.493 e. The van der Waals surface area contributed by atoms with E-state index in [0.29, 0.717) is 36.3 Å². The molecule has 2 aromatic carbocycles. The molecule has 0 atom stereocenters. The lowest BCUT2D eigenvalue weighted by Gasteiger charge is -2.14. The fourth-order valence-corrected chi connectivity index (χ4v) is 2.78. The summed E-state index contributed by atoms with van der Waals surface area (Å²) in [4.78, 5) is 8.47. The lowest BCUT2D eigenvalue weighted by atomic mass is 10.2. The van der Waals surface area contributed by atoms with E-state index in [9.17, 15) is 0 Å². The van der Waals surface area contributed by atoms with Crippen molar-refractivity contribution in [2.24, 2.45) is 0 Å². The molecule has 0 saturated heterocycles. The van der Waals surface area contributed by atoms with Crippen molar-refractivity contribution >= 4 is 10.9 Å². The molecule has 1 heterocycles. The third-order valence-corrected chi connectivity index (χ3v) is 4.16. The van der Waals surface area contributed by atoms with Gasteiger partial charge in [0.25, 0.3) is 0 Å². The van der Waals surface area contributed by atoms with Crippen LogP contribution in [0.25, 0.3) is 10.9 Å². The highest BCUT2D eigenvalue weighted by Crippen LogP contribution is 2.36. The van der Waals surface area contributed by atoms with Crippen molar-refractivity contribution < 1.29 is 18.9 Å². The van der Waals surface area contributed by atoms with Crippen molar-refractivity contribution in [2.75, 3.05) is 27.4 Å². The Kier molecular flexibility index (Phi) is 6.68. The van der Waals surface area contributed by atoms with Gasteiger partial charge in [0.15, 0.2) is 11.5 Å². The Morgan fingerprint density at radius 3 is 2.19 bits per heavy atom. The normalized spacial score (nSPS) is 10.6. The number of ether oxygens (including phenoxy) is 4. The molecule has 0 radical (unpaired) electrons. The predicted octanol–water partition coefficient (Wildman–Crippen LogP) is 4.28. The van der Waals surface area contributed by atoms with E-state index in [4.69, 9.17) is 18.9 Å². The number of methoxy groups -OCH3 is 2. The average Bonchev–Trinajstić information content (AvgIpc) is 2.73. The number of para-hydroxylation sites is 2. The molecule has 3 aromatic rings. The van der Waals surface area contributed by atoms with Gasteiger partial charge in [0.1, 0.15) is 6.33 Å². The van der Waals surface area contributed by atoms with Crippen molar-refractivity contribution in [3.8, 4) is 23.1 Å². The van der Waals surface area contributed by atoms with Crippen molar-refractivity contribution in [3.05, 3.63) is 48.8 Å². The lowest BCUT2D eigenvalue weighted by Crippen LogP contribution is -2.04. The minimum atomic E-state index is 0.590. The molecule has 0 spiro atoms. The van der Waals surface area contributed by atoms with Crippen LogP contribution < -0.4 is 18.9 Å². The van der Waals surface area contributed by atoms with E-state index in [0.717, 1.165) is 30.2 Å². The van der Waals surface area contributed by atoms with Crippen LogP contribution in [0.2, 0.25) is 0 Å². The summed E-state index contributed by atoms with van der Waals surface area (Å²) in [5.41, 5.74) is 0.890. The molecular formula is C21H24N2O4. The average molecular weight is 368 g/mol. The number of nitrogens with zero attached hydrogens (tertiary/aromatic N) is 2. The van der Waals surface area contributed by atoms with Gasteiger partial charge in [-0.3, -0.25) is 0 Å². The summed E-state index contributed by atoms with van der Waals surface area (Å²) >= 11 is 0. The minimum absolute atomic E-state index is 0.590. The zero-order valence-corrected chi connectivity index (χ0v) is 15.7. The zero-order valence-electron chi connectivity index (χ0n) is 15.7. The van der Waals surface area contributed by atoms with Gasteiger partial charge >= 0.3 is 0 Å². The number of rotatable bonds is 10. The highest BCUT2D eigenvalue weighted by Gasteiger charge is 2.10. The Bertz CT molecular complexity index is 842. The van der Waals surface area contributed by atoms with Gasteiger partial charge in [-0.25, -0.2) is 9.97 Å². The van der Waals surface area contributed by atoms with Gasteiger partial charge in [-0.1, -0.05) is 18.2 Å². The maximum Gasteiger partial charge on any atom is 0.224 e. The Balaban J connectivity index is 1.41. The van der Waals surface area contributed by atoms with Gasteiger partial charge in [-0.15, -0.1) is 0 Å². The Labute approximate surface area is 159 Å². The van der Waals surface area contributed by atoms with E-state index in [1.54, 1.807) is 14.2 Å². The first-order valence-electron chi connectivity index (χ1n) is 9.00. The molecule has 27 heavy (non-hydrogen) atoms. The number of aromatic nitrogens is 2. The smallest absolute Gasteiger partial charge is 0.224 e. The van der Waals surface area contributed by atoms with E-state index in [2.05, 4.69) is 9.97 Å². The molecule has 6 nitrogen and oxygen atoms in total. The van der Waals surface area contributed by atoms with Crippen molar-refractivity contribution in [1.82, 2.24) is 9.97 Å². The van der Waals surface area contributed by atoms with Crippen LogP contribution in [-0.4, -0.2) is 37.4 Å². The van der Waals surface area contributed by atoms with Crippen molar-refractivity contribution in [2.45, 2.75) is 19.3 Å². The van der Waals surface area contributed by atoms with E-state index < -0.39 is 0 Å². The second-order valence-electron chi connectivity index (χ2n) is 5.95. The number of benzene rings is 2. The summed E-state index contributed by atoms with van der Waals surface area (Å²) < 4.78 is 22.3. The molecule has 0 bridgehead atoms. The van der Waals surface area contributed by atoms with E-state index in [1.165, 1.54) is 6.33 Å². The van der Waals surface area contributed by atoms with Crippen LogP contribution in [0.4, 0.5) is 0 Å². The highest BCUT2D eigenvalue weighted by molar-refractivity contribution is 5.82. The summed E-state index contributed by atoms with van der Waals surface area (Å²) in [7, 11) is 3.24. The fourth-order valence-electron chi connectivity index (χ4n) is 2.78. The maximum atomic E-state index is 5.86. The van der Waals surface area contributed by atoms with Gasteiger partial charge in [0.2, 0.25) is 11.6 Å². The molecule has 0 N–H and O–H groups in total. The molecule has 0 aliphatic rings. The molecule has 0 fully saturated rings. The molecule has 0 aliphatic carbocycles. The summed E-state index contributed by atoms with van der Waals surface area (Å²) in [6.07, 6.45) is 4.35. The van der Waals surface area contributed by atoms with Crippen LogP contribution in [0, 0.1) is 0 Å². The number of hydrogen-bond acceptors (Lipinski definition) is 6. The first-order chi connectivity index (χ1) is 13.3. The third-order valence-electron chi connectivity index (χ3n) is 4.16. The van der Waals surface area contributed by atoms with Crippen LogP contribution in [0.5, 0.6) is 23.1 Å². The Hall–Kier alpha value is -3.02. The van der Waals surface area contributed by atoms with Gasteiger partial charge in [0.05, 0.1) is 38.3 Å². The van der Waals surface area contributed by atoms with Crippen LogP contribution in [0.3, 0.4) is 0 Å². The van der Waals surface area contributed by atoms with Gasteiger partial charge in [0, 0.05) is 0 Å². The van der Waals surface area contributed by atoms with Crippen LogP contribution in [0.1, 0.15) is 19.3 Å². The molecule has 1 aromatic heterocycles. The standard InChI is InChI=1S/C21H24N2O4/c1-24-18-11-8-12-19(25-2)20(18)26-13-6-3-7-14-27-21-16-9-4-5-10-17(16)22-15-23-21/h4-5,8-12,15H,3,6-7,13-14H2,1-2H3. The first-order valence-corrected chi connectivity index (χ1v) is 9.00. The van der Waals surface area contributed by atoms with Crippen LogP contribution in [-0.2, 0) is 0 Å². The van der Waals surface area contributed by atoms with E-state index in [-0.39, 0.29) is 0 Å². The molecule has 0 amide bonds. The Morgan fingerprint density at radius 2 is 1.44 bits per heavy atom. The molecule has 0 unspecified atom stereocenters. The monoisotopic (exact) mass is 368 g/mol. The molecule has 6 heteroatoms. The van der Waals surface area contributed by atoms with Crippen LogP contribution in [0.15, 0.2) is 48.8 Å². The number of unbranched alkanes of at least 4 members (excludes halogenated alkanes) is 2. The summed E-state index contributed by atoms with van der Waals surface area (Å²) in [6.45, 7) is 1.20. The topological polar surface area (TPSA) is 62.7 Å². The van der Waals surface area contributed by atoms with E-state index in [1.807, 2.05) is 42.5 Å². The number of fused-ring (bicyclic) bond motifs is 1. The minimum Gasteiger partial charge on any atom is -0.493 e.